The van der Waals surface area contributed by atoms with Crippen molar-refractivity contribution in [2.75, 3.05) is 14.1 Å². The minimum atomic E-state index is 0.129. The monoisotopic (exact) mass is 313 g/mol. The molecule has 18 heavy (non-hydrogen) atoms. The number of nitrogens with zero attached hydrogens (tertiary/aromatic N) is 3. The van der Waals surface area contributed by atoms with E-state index in [9.17, 15) is 4.79 Å². The van der Waals surface area contributed by atoms with Gasteiger partial charge in [0.25, 0.3) is 0 Å². The third-order valence-corrected chi connectivity index (χ3v) is 4.52. The largest absolute Gasteiger partial charge is 0.349 e. The van der Waals surface area contributed by atoms with Crippen LogP contribution in [0.2, 0.25) is 0 Å². The van der Waals surface area contributed by atoms with E-state index in [1.807, 2.05) is 25.8 Å². The van der Waals surface area contributed by atoms with Crippen LogP contribution in [0.4, 0.5) is 0 Å². The maximum atomic E-state index is 11.9. The molecule has 0 N–H and O–H groups in total. The van der Waals surface area contributed by atoms with Crippen LogP contribution in [-0.2, 0) is 17.3 Å². The fourth-order valence-electron chi connectivity index (χ4n) is 3.03. The first-order chi connectivity index (χ1) is 8.39. The van der Waals surface area contributed by atoms with E-state index in [2.05, 4.69) is 34.0 Å². The topological polar surface area (TPSA) is 38.1 Å². The molecule has 2 rings (SSSR count). The summed E-state index contributed by atoms with van der Waals surface area (Å²) >= 11 is 3.42. The van der Waals surface area contributed by atoms with Gasteiger partial charge in [-0.1, -0.05) is 6.92 Å². The van der Waals surface area contributed by atoms with Gasteiger partial charge in [-0.3, -0.25) is 9.48 Å². The van der Waals surface area contributed by atoms with Gasteiger partial charge in [0.2, 0.25) is 5.91 Å². The van der Waals surface area contributed by atoms with Crippen molar-refractivity contribution in [3.63, 3.8) is 0 Å². The fourth-order valence-corrected chi connectivity index (χ4v) is 3.49. The standard InChI is InChI=1S/C13H20BrN3O/c1-5-13(10-6-11(14)15-17(10)4)7-9(8-13)12(18)16(2)3/h6,9H,5,7-8H2,1-4H3. The van der Waals surface area contributed by atoms with Crippen LogP contribution in [-0.4, -0.2) is 34.7 Å². The van der Waals surface area contributed by atoms with Crippen molar-refractivity contribution in [1.29, 1.82) is 0 Å². The Morgan fingerprint density at radius 1 is 1.61 bits per heavy atom. The van der Waals surface area contributed by atoms with Crippen molar-refractivity contribution in [2.24, 2.45) is 13.0 Å². The van der Waals surface area contributed by atoms with Gasteiger partial charge < -0.3 is 4.90 Å². The van der Waals surface area contributed by atoms with Crippen LogP contribution in [0.25, 0.3) is 0 Å². The molecule has 0 aromatic carbocycles. The third kappa shape index (κ3) is 2.09. The first-order valence-electron chi connectivity index (χ1n) is 6.31. The maximum absolute atomic E-state index is 11.9. The number of amides is 1. The number of carbonyl (C=O) groups is 1. The molecule has 0 atom stereocenters. The molecule has 0 saturated heterocycles. The van der Waals surface area contributed by atoms with Crippen LogP contribution >= 0.6 is 15.9 Å². The van der Waals surface area contributed by atoms with E-state index >= 15 is 0 Å². The quantitative estimate of drug-likeness (QED) is 0.859. The highest BCUT2D eigenvalue weighted by atomic mass is 79.9. The first-order valence-corrected chi connectivity index (χ1v) is 7.10. The molecule has 0 bridgehead atoms. The zero-order valence-electron chi connectivity index (χ0n) is 11.4. The summed E-state index contributed by atoms with van der Waals surface area (Å²) in [5.41, 5.74) is 1.36. The Balaban J connectivity index is 2.17. The molecule has 1 heterocycles. The second-order valence-corrected chi connectivity index (χ2v) is 6.26. The van der Waals surface area contributed by atoms with Gasteiger partial charge in [0.1, 0.15) is 4.60 Å². The van der Waals surface area contributed by atoms with Crippen molar-refractivity contribution in [3.8, 4) is 0 Å². The van der Waals surface area contributed by atoms with Gasteiger partial charge in [0.15, 0.2) is 0 Å². The predicted molar refractivity (Wildman–Crippen MR) is 74.3 cm³/mol. The minimum absolute atomic E-state index is 0.129. The van der Waals surface area contributed by atoms with Crippen molar-refractivity contribution in [1.82, 2.24) is 14.7 Å². The van der Waals surface area contributed by atoms with Gasteiger partial charge >= 0.3 is 0 Å². The molecule has 1 aliphatic carbocycles. The average molecular weight is 314 g/mol. The predicted octanol–water partition coefficient (Wildman–Crippen LogP) is 2.33. The normalized spacial score (nSPS) is 26.8. The Hall–Kier alpha value is -0.840. The van der Waals surface area contributed by atoms with Crippen LogP contribution in [0.3, 0.4) is 0 Å². The fraction of sp³-hybridized carbons (Fsp3) is 0.692. The Bertz CT molecular complexity index is 461. The van der Waals surface area contributed by atoms with Crippen LogP contribution in [0.15, 0.2) is 10.7 Å². The summed E-state index contributed by atoms with van der Waals surface area (Å²) in [6, 6.07) is 2.08. The molecule has 0 unspecified atom stereocenters. The van der Waals surface area contributed by atoms with Gasteiger partial charge in [-0.15, -0.1) is 0 Å². The number of rotatable bonds is 3. The number of carbonyl (C=O) groups excluding carboxylic acids is 1. The molecule has 4 nitrogen and oxygen atoms in total. The van der Waals surface area contributed by atoms with Gasteiger partial charge in [0, 0.05) is 38.2 Å². The Morgan fingerprint density at radius 3 is 2.61 bits per heavy atom. The third-order valence-electron chi connectivity index (χ3n) is 4.13. The molecule has 1 aromatic heterocycles. The molecular formula is C13H20BrN3O. The lowest BCUT2D eigenvalue weighted by Gasteiger charge is -2.47. The van der Waals surface area contributed by atoms with Gasteiger partial charge in [-0.25, -0.2) is 0 Å². The van der Waals surface area contributed by atoms with E-state index in [-0.39, 0.29) is 17.2 Å². The maximum Gasteiger partial charge on any atom is 0.225 e. The van der Waals surface area contributed by atoms with Crippen molar-refractivity contribution in [2.45, 2.75) is 31.6 Å². The van der Waals surface area contributed by atoms with Crippen LogP contribution in [0, 0.1) is 5.92 Å². The summed E-state index contributed by atoms with van der Waals surface area (Å²) in [4.78, 5) is 13.6. The Labute approximate surface area is 116 Å². The summed E-state index contributed by atoms with van der Waals surface area (Å²) in [6.07, 6.45) is 2.93. The van der Waals surface area contributed by atoms with Crippen molar-refractivity contribution >= 4 is 21.8 Å². The number of aromatic nitrogens is 2. The molecule has 1 fully saturated rings. The van der Waals surface area contributed by atoms with E-state index in [0.29, 0.717) is 0 Å². The van der Waals surface area contributed by atoms with Crippen LogP contribution in [0.1, 0.15) is 31.9 Å². The van der Waals surface area contributed by atoms with E-state index < -0.39 is 0 Å². The number of hydrogen-bond acceptors (Lipinski definition) is 2. The number of hydrogen-bond donors (Lipinski definition) is 0. The van der Waals surface area contributed by atoms with Gasteiger partial charge in [-0.2, -0.15) is 5.10 Å². The highest BCUT2D eigenvalue weighted by Crippen LogP contribution is 2.50. The number of aryl methyl sites for hydroxylation is 1. The smallest absolute Gasteiger partial charge is 0.225 e. The Kier molecular flexibility index (Phi) is 3.54. The number of halogens is 1. The van der Waals surface area contributed by atoms with E-state index in [1.54, 1.807) is 4.90 Å². The van der Waals surface area contributed by atoms with Crippen molar-refractivity contribution < 1.29 is 4.79 Å². The SMILES string of the molecule is CCC1(c2cc(Br)nn2C)CC(C(=O)N(C)C)C1. The summed E-state index contributed by atoms with van der Waals surface area (Å²) in [6.45, 7) is 2.19. The lowest BCUT2D eigenvalue weighted by molar-refractivity contribution is -0.138. The van der Waals surface area contributed by atoms with E-state index in [1.165, 1.54) is 5.69 Å². The zero-order chi connectivity index (χ0) is 13.5. The van der Waals surface area contributed by atoms with Crippen LogP contribution < -0.4 is 0 Å². The van der Waals surface area contributed by atoms with Gasteiger partial charge in [0.05, 0.1) is 0 Å². The molecule has 5 heteroatoms. The minimum Gasteiger partial charge on any atom is -0.349 e. The summed E-state index contributed by atoms with van der Waals surface area (Å²) in [5, 5.41) is 4.35. The van der Waals surface area contributed by atoms with E-state index in [4.69, 9.17) is 0 Å². The lowest BCUT2D eigenvalue weighted by atomic mass is 9.58. The average Bonchev–Trinajstić information content (AvgIpc) is 2.57. The highest BCUT2D eigenvalue weighted by molar-refractivity contribution is 9.10. The molecule has 100 valence electrons. The summed E-state index contributed by atoms with van der Waals surface area (Å²) in [5.74, 6) is 0.425. The summed E-state index contributed by atoms with van der Waals surface area (Å²) < 4.78 is 2.81. The molecule has 1 aliphatic rings. The van der Waals surface area contributed by atoms with E-state index in [0.717, 1.165) is 23.9 Å². The highest BCUT2D eigenvalue weighted by Gasteiger charge is 2.49. The molecular weight excluding hydrogens is 294 g/mol. The molecule has 1 saturated carbocycles. The molecule has 0 aliphatic heterocycles. The molecule has 0 spiro atoms. The Morgan fingerprint density at radius 2 is 2.22 bits per heavy atom. The van der Waals surface area contributed by atoms with Crippen molar-refractivity contribution in [3.05, 3.63) is 16.4 Å². The first kappa shape index (κ1) is 13.6. The zero-order valence-corrected chi connectivity index (χ0v) is 13.0. The second kappa shape index (κ2) is 4.68. The molecule has 1 aromatic rings. The lowest BCUT2D eigenvalue weighted by Crippen LogP contribution is -2.48. The second-order valence-electron chi connectivity index (χ2n) is 5.45. The molecule has 0 radical (unpaired) electrons. The molecule has 1 amide bonds. The summed E-state index contributed by atoms with van der Waals surface area (Å²) in [7, 11) is 5.63. The van der Waals surface area contributed by atoms with Gasteiger partial charge in [-0.05, 0) is 41.3 Å². The van der Waals surface area contributed by atoms with Crippen LogP contribution in [0.5, 0.6) is 0 Å².